The summed E-state index contributed by atoms with van der Waals surface area (Å²) in [6, 6.07) is 3.78. The maximum atomic E-state index is 5.86. The molecular weight excluding hydrogens is 315 g/mol. The molecule has 0 spiro atoms. The lowest BCUT2D eigenvalue weighted by Gasteiger charge is -2.06. The van der Waals surface area contributed by atoms with Gasteiger partial charge in [-0.25, -0.2) is 9.97 Å². The van der Waals surface area contributed by atoms with Crippen molar-refractivity contribution in [2.75, 3.05) is 5.73 Å². The summed E-state index contributed by atoms with van der Waals surface area (Å²) >= 11 is 2.18. The van der Waals surface area contributed by atoms with E-state index >= 15 is 0 Å². The van der Waals surface area contributed by atoms with E-state index < -0.39 is 0 Å². The predicted octanol–water partition coefficient (Wildman–Crippen LogP) is 2.29. The summed E-state index contributed by atoms with van der Waals surface area (Å²) < 4.78 is 0.938. The third-order valence-corrected chi connectivity index (χ3v) is 3.38. The fraction of sp³-hybridized carbons (Fsp3) is 0.182. The molecule has 2 heterocycles. The Bertz CT molecular complexity index is 499. The molecule has 0 amide bonds. The topological polar surface area (TPSA) is 64.7 Å². The Morgan fingerprint density at radius 2 is 2.19 bits per heavy atom. The van der Waals surface area contributed by atoms with Gasteiger partial charge in [0, 0.05) is 18.0 Å². The van der Waals surface area contributed by atoms with Crippen molar-refractivity contribution >= 4 is 28.4 Å². The highest BCUT2D eigenvalue weighted by molar-refractivity contribution is 14.1. The second kappa shape index (κ2) is 4.73. The molecule has 0 aromatic carbocycles. The summed E-state index contributed by atoms with van der Waals surface area (Å²) in [7, 11) is 0. The Morgan fingerprint density at radius 1 is 1.38 bits per heavy atom. The van der Waals surface area contributed by atoms with E-state index in [4.69, 9.17) is 5.73 Å². The fourth-order valence-corrected chi connectivity index (χ4v) is 1.99. The number of pyridine rings is 1. The zero-order valence-corrected chi connectivity index (χ0v) is 11.0. The molecule has 2 aromatic heterocycles. The summed E-state index contributed by atoms with van der Waals surface area (Å²) in [6.45, 7) is 2.05. The first-order valence-corrected chi connectivity index (χ1v) is 6.02. The van der Waals surface area contributed by atoms with Crippen molar-refractivity contribution in [3.05, 3.63) is 33.8 Å². The summed E-state index contributed by atoms with van der Waals surface area (Å²) in [5.41, 5.74) is 7.72. The predicted molar refractivity (Wildman–Crippen MR) is 71.8 cm³/mol. The maximum absolute atomic E-state index is 5.86. The van der Waals surface area contributed by atoms with Gasteiger partial charge in [0.25, 0.3) is 0 Å². The van der Waals surface area contributed by atoms with Crippen LogP contribution >= 0.6 is 22.6 Å². The molecule has 0 fully saturated rings. The molecule has 4 nitrogen and oxygen atoms in total. The van der Waals surface area contributed by atoms with Crippen LogP contribution in [0.15, 0.2) is 24.5 Å². The second-order valence-electron chi connectivity index (χ2n) is 3.29. The monoisotopic (exact) mass is 326 g/mol. The highest BCUT2D eigenvalue weighted by atomic mass is 127. The van der Waals surface area contributed by atoms with Crippen molar-refractivity contribution in [1.82, 2.24) is 15.0 Å². The molecule has 0 bridgehead atoms. The number of halogens is 1. The van der Waals surface area contributed by atoms with Gasteiger partial charge in [-0.15, -0.1) is 0 Å². The van der Waals surface area contributed by atoms with Crippen LogP contribution < -0.4 is 5.73 Å². The smallest absolute Gasteiger partial charge is 0.163 e. The quantitative estimate of drug-likeness (QED) is 0.860. The molecule has 0 aliphatic heterocycles. The molecule has 0 saturated carbocycles. The Hall–Kier alpha value is -1.24. The van der Waals surface area contributed by atoms with Gasteiger partial charge in [-0.05, 0) is 41.1 Å². The average Bonchev–Trinajstić information content (AvgIpc) is 2.33. The van der Waals surface area contributed by atoms with Crippen LogP contribution in [0, 0.1) is 3.57 Å². The largest absolute Gasteiger partial charge is 0.383 e. The standard InChI is InChI=1S/C11H11IN4/c1-2-8-9(12)10(13)16-11(15-8)7-4-3-5-14-6-7/h3-6H,2H2,1H3,(H2,13,15,16). The van der Waals surface area contributed by atoms with Gasteiger partial charge >= 0.3 is 0 Å². The van der Waals surface area contributed by atoms with Gasteiger partial charge in [-0.3, -0.25) is 4.98 Å². The first kappa shape index (κ1) is 11.3. The van der Waals surface area contributed by atoms with E-state index in [0.717, 1.165) is 21.2 Å². The molecule has 0 radical (unpaired) electrons. The highest BCUT2D eigenvalue weighted by Gasteiger charge is 2.09. The number of rotatable bonds is 2. The minimum Gasteiger partial charge on any atom is -0.383 e. The van der Waals surface area contributed by atoms with Crippen LogP contribution in [0.1, 0.15) is 12.6 Å². The normalized spacial score (nSPS) is 10.4. The van der Waals surface area contributed by atoms with E-state index in [1.807, 2.05) is 12.1 Å². The van der Waals surface area contributed by atoms with Gasteiger partial charge in [0.05, 0.1) is 9.26 Å². The first-order valence-electron chi connectivity index (χ1n) is 4.94. The van der Waals surface area contributed by atoms with E-state index in [1.54, 1.807) is 12.4 Å². The molecular formula is C11H11IN4. The fourth-order valence-electron chi connectivity index (χ4n) is 1.37. The number of nitrogens with zero attached hydrogens (tertiary/aromatic N) is 3. The summed E-state index contributed by atoms with van der Waals surface area (Å²) in [6.07, 6.45) is 4.31. The maximum Gasteiger partial charge on any atom is 0.163 e. The van der Waals surface area contributed by atoms with Gasteiger partial charge in [0.15, 0.2) is 5.82 Å². The minimum absolute atomic E-state index is 0.534. The second-order valence-corrected chi connectivity index (χ2v) is 4.37. The minimum atomic E-state index is 0.534. The van der Waals surface area contributed by atoms with Crippen molar-refractivity contribution in [3.8, 4) is 11.4 Å². The van der Waals surface area contributed by atoms with Crippen LogP contribution in [0.3, 0.4) is 0 Å². The summed E-state index contributed by atoms with van der Waals surface area (Å²) in [5.74, 6) is 1.18. The van der Waals surface area contributed by atoms with E-state index in [1.165, 1.54) is 0 Å². The molecule has 0 aliphatic carbocycles. The van der Waals surface area contributed by atoms with Crippen LogP contribution in [-0.2, 0) is 6.42 Å². The molecule has 0 aliphatic rings. The van der Waals surface area contributed by atoms with Crippen LogP contribution in [0.4, 0.5) is 5.82 Å². The van der Waals surface area contributed by atoms with E-state index in [2.05, 4.69) is 44.5 Å². The Morgan fingerprint density at radius 3 is 2.81 bits per heavy atom. The SMILES string of the molecule is CCc1nc(-c2cccnc2)nc(N)c1I. The number of aromatic nitrogens is 3. The summed E-state index contributed by atoms with van der Waals surface area (Å²) in [5, 5.41) is 0. The molecule has 16 heavy (non-hydrogen) atoms. The molecule has 0 saturated heterocycles. The van der Waals surface area contributed by atoms with Gasteiger partial charge in [0.1, 0.15) is 5.82 Å². The lowest BCUT2D eigenvalue weighted by molar-refractivity contribution is 0.993. The molecule has 2 N–H and O–H groups in total. The Kier molecular flexibility index (Phi) is 3.33. The third-order valence-electron chi connectivity index (χ3n) is 2.20. The van der Waals surface area contributed by atoms with Crippen molar-refractivity contribution < 1.29 is 0 Å². The lowest BCUT2D eigenvalue weighted by atomic mass is 10.2. The van der Waals surface area contributed by atoms with Crippen LogP contribution in [0.2, 0.25) is 0 Å². The number of aryl methyl sites for hydroxylation is 1. The van der Waals surface area contributed by atoms with Gasteiger partial charge < -0.3 is 5.73 Å². The molecule has 2 rings (SSSR count). The van der Waals surface area contributed by atoms with Crippen molar-refractivity contribution in [2.45, 2.75) is 13.3 Å². The number of hydrogen-bond donors (Lipinski definition) is 1. The Balaban J connectivity index is 2.55. The molecule has 0 atom stereocenters. The number of nitrogen functional groups attached to an aromatic ring is 1. The van der Waals surface area contributed by atoms with Crippen molar-refractivity contribution in [3.63, 3.8) is 0 Å². The first-order chi connectivity index (χ1) is 7.72. The lowest BCUT2D eigenvalue weighted by Crippen LogP contribution is -2.04. The average molecular weight is 326 g/mol. The van der Waals surface area contributed by atoms with Crippen LogP contribution in [0.5, 0.6) is 0 Å². The summed E-state index contributed by atoms with van der Waals surface area (Å²) in [4.78, 5) is 12.8. The third kappa shape index (κ3) is 2.13. The Labute approximate surface area is 107 Å². The molecule has 82 valence electrons. The van der Waals surface area contributed by atoms with Crippen LogP contribution in [-0.4, -0.2) is 15.0 Å². The van der Waals surface area contributed by atoms with E-state index in [0.29, 0.717) is 11.6 Å². The van der Waals surface area contributed by atoms with Gasteiger partial charge in [-0.2, -0.15) is 0 Å². The zero-order valence-electron chi connectivity index (χ0n) is 8.81. The number of anilines is 1. The number of nitrogens with two attached hydrogens (primary N) is 1. The molecule has 2 aromatic rings. The molecule has 5 heteroatoms. The zero-order chi connectivity index (χ0) is 11.5. The van der Waals surface area contributed by atoms with E-state index in [-0.39, 0.29) is 0 Å². The van der Waals surface area contributed by atoms with Crippen LogP contribution in [0.25, 0.3) is 11.4 Å². The van der Waals surface area contributed by atoms with Gasteiger partial charge in [0.2, 0.25) is 0 Å². The number of hydrogen-bond acceptors (Lipinski definition) is 4. The van der Waals surface area contributed by atoms with Crippen molar-refractivity contribution in [1.29, 1.82) is 0 Å². The van der Waals surface area contributed by atoms with Gasteiger partial charge in [-0.1, -0.05) is 6.92 Å². The molecule has 0 unspecified atom stereocenters. The van der Waals surface area contributed by atoms with Crippen molar-refractivity contribution in [2.24, 2.45) is 0 Å². The van der Waals surface area contributed by atoms with E-state index in [9.17, 15) is 0 Å². The highest BCUT2D eigenvalue weighted by Crippen LogP contribution is 2.21.